The molecule has 1 heterocycles. The van der Waals surface area contributed by atoms with Crippen molar-refractivity contribution in [1.82, 2.24) is 0 Å². The Bertz CT molecular complexity index is 1020. The quantitative estimate of drug-likeness (QED) is 0.686. The van der Waals surface area contributed by atoms with Gasteiger partial charge in [-0.1, -0.05) is 6.07 Å². The van der Waals surface area contributed by atoms with Crippen LogP contribution in [0.1, 0.15) is 60.3 Å². The van der Waals surface area contributed by atoms with Gasteiger partial charge in [-0.3, -0.25) is 4.79 Å². The molecule has 2 N–H and O–H groups in total. The number of aromatic hydroxyl groups is 1. The summed E-state index contributed by atoms with van der Waals surface area (Å²) in [5.41, 5.74) is 0.614. The molecular weight excluding hydrogens is 404 g/mol. The number of carbonyl (C=O) groups is 2. The van der Waals surface area contributed by atoms with Gasteiger partial charge in [0, 0.05) is 24.5 Å². The minimum Gasteiger partial charge on any atom is -0.504 e. The molecule has 0 spiro atoms. The molecule has 1 atom stereocenters. The molecule has 0 fully saturated rings. The zero-order valence-corrected chi connectivity index (χ0v) is 18.1. The van der Waals surface area contributed by atoms with Gasteiger partial charge in [-0.15, -0.1) is 0 Å². The van der Waals surface area contributed by atoms with Crippen molar-refractivity contribution in [2.75, 3.05) is 7.11 Å². The maximum absolute atomic E-state index is 12.6. The molecule has 1 aliphatic rings. The molecule has 0 saturated heterocycles. The van der Waals surface area contributed by atoms with Crippen LogP contribution in [0.3, 0.4) is 0 Å². The number of esters is 2. The summed E-state index contributed by atoms with van der Waals surface area (Å²) in [6.07, 6.45) is -0.790. The van der Waals surface area contributed by atoms with Crippen LogP contribution in [-0.2, 0) is 20.9 Å². The van der Waals surface area contributed by atoms with Crippen LogP contribution in [-0.4, -0.2) is 34.9 Å². The van der Waals surface area contributed by atoms with Gasteiger partial charge in [-0.2, -0.15) is 0 Å². The van der Waals surface area contributed by atoms with Crippen LogP contribution in [0, 0.1) is 6.92 Å². The third-order valence-corrected chi connectivity index (χ3v) is 4.76. The Balaban J connectivity index is 2.20. The van der Waals surface area contributed by atoms with Crippen molar-refractivity contribution in [2.24, 2.45) is 0 Å². The fraction of sp³-hybridized carbons (Fsp3) is 0.391. The predicted molar refractivity (Wildman–Crippen MR) is 110 cm³/mol. The van der Waals surface area contributed by atoms with E-state index in [9.17, 15) is 19.8 Å². The molecular formula is C23H26O8. The number of hydrogen-bond acceptors (Lipinski definition) is 8. The van der Waals surface area contributed by atoms with E-state index in [1.165, 1.54) is 26.2 Å². The molecule has 166 valence electrons. The van der Waals surface area contributed by atoms with E-state index in [-0.39, 0.29) is 41.6 Å². The minimum absolute atomic E-state index is 0.0259. The van der Waals surface area contributed by atoms with Gasteiger partial charge in [0.15, 0.2) is 23.0 Å². The summed E-state index contributed by atoms with van der Waals surface area (Å²) in [6, 6.07) is 6.33. The molecule has 31 heavy (non-hydrogen) atoms. The Morgan fingerprint density at radius 1 is 1.26 bits per heavy atom. The summed E-state index contributed by atoms with van der Waals surface area (Å²) in [6.45, 7) is 6.18. The fourth-order valence-corrected chi connectivity index (χ4v) is 3.55. The molecule has 2 aromatic rings. The van der Waals surface area contributed by atoms with Gasteiger partial charge in [-0.05, 0) is 44.5 Å². The minimum atomic E-state index is -1.16. The molecule has 0 bridgehead atoms. The zero-order valence-electron chi connectivity index (χ0n) is 18.1. The molecule has 0 aromatic heterocycles. The number of methoxy groups -OCH3 is 1. The van der Waals surface area contributed by atoms with Gasteiger partial charge in [0.05, 0.1) is 12.7 Å². The van der Waals surface area contributed by atoms with Crippen molar-refractivity contribution < 1.29 is 38.7 Å². The third-order valence-electron chi connectivity index (χ3n) is 4.76. The number of aryl methyl sites for hydroxylation is 1. The number of hydrogen-bond donors (Lipinski definition) is 2. The first-order valence-electron chi connectivity index (χ1n) is 9.78. The van der Waals surface area contributed by atoms with Crippen molar-refractivity contribution in [1.29, 1.82) is 0 Å². The number of aliphatic hydroxyl groups is 1. The molecule has 8 nitrogen and oxygen atoms in total. The highest BCUT2D eigenvalue weighted by Gasteiger charge is 2.32. The van der Waals surface area contributed by atoms with E-state index in [2.05, 4.69) is 0 Å². The van der Waals surface area contributed by atoms with Crippen molar-refractivity contribution in [3.05, 3.63) is 46.5 Å². The highest BCUT2D eigenvalue weighted by atomic mass is 16.6. The number of rotatable bonds is 5. The van der Waals surface area contributed by atoms with E-state index in [0.717, 1.165) is 5.56 Å². The van der Waals surface area contributed by atoms with Gasteiger partial charge in [0.2, 0.25) is 0 Å². The molecule has 0 unspecified atom stereocenters. The average molecular weight is 430 g/mol. The number of carbonyl (C=O) groups excluding carboxylic acids is 2. The number of ether oxygens (including phenoxy) is 4. The van der Waals surface area contributed by atoms with Crippen LogP contribution < -0.4 is 9.47 Å². The lowest BCUT2D eigenvalue weighted by molar-refractivity contribution is -0.149. The topological polar surface area (TPSA) is 112 Å². The molecule has 1 aliphatic heterocycles. The lowest BCUT2D eigenvalue weighted by Crippen LogP contribution is -2.25. The van der Waals surface area contributed by atoms with Crippen molar-refractivity contribution in [3.8, 4) is 23.0 Å². The summed E-state index contributed by atoms with van der Waals surface area (Å²) in [5.74, 6) is -0.976. The summed E-state index contributed by atoms with van der Waals surface area (Å²) in [4.78, 5) is 24.4. The summed E-state index contributed by atoms with van der Waals surface area (Å²) >= 11 is 0. The number of phenolic OH excluding ortho intramolecular Hbond substituents is 1. The lowest BCUT2D eigenvalue weighted by atomic mass is 9.94. The van der Waals surface area contributed by atoms with E-state index in [4.69, 9.17) is 18.9 Å². The van der Waals surface area contributed by atoms with E-state index in [1.54, 1.807) is 32.9 Å². The Morgan fingerprint density at radius 2 is 1.97 bits per heavy atom. The molecule has 0 amide bonds. The highest BCUT2D eigenvalue weighted by Crippen LogP contribution is 2.47. The smallest absolute Gasteiger partial charge is 0.342 e. The van der Waals surface area contributed by atoms with Gasteiger partial charge in [-0.25, -0.2) is 4.79 Å². The largest absolute Gasteiger partial charge is 0.504 e. The molecule has 0 saturated carbocycles. The van der Waals surface area contributed by atoms with Gasteiger partial charge in [0.25, 0.3) is 0 Å². The summed E-state index contributed by atoms with van der Waals surface area (Å²) in [5, 5.41) is 20.8. The summed E-state index contributed by atoms with van der Waals surface area (Å²) < 4.78 is 22.4. The Hall–Kier alpha value is -3.26. The van der Waals surface area contributed by atoms with Crippen LogP contribution in [0.4, 0.5) is 0 Å². The van der Waals surface area contributed by atoms with Crippen molar-refractivity contribution >= 4 is 11.9 Å². The highest BCUT2D eigenvalue weighted by molar-refractivity contribution is 5.94. The molecule has 8 heteroatoms. The Morgan fingerprint density at radius 3 is 2.58 bits per heavy atom. The Kier molecular flexibility index (Phi) is 6.13. The second-order valence-corrected chi connectivity index (χ2v) is 8.13. The summed E-state index contributed by atoms with van der Waals surface area (Å²) in [7, 11) is 1.39. The molecule has 2 aromatic carbocycles. The first-order chi connectivity index (χ1) is 14.5. The second kappa shape index (κ2) is 8.47. The number of benzene rings is 2. The third kappa shape index (κ3) is 4.91. The second-order valence-electron chi connectivity index (χ2n) is 8.13. The number of fused-ring (bicyclic) bond motifs is 2. The number of cyclic esters (lactones) is 1. The van der Waals surface area contributed by atoms with Crippen molar-refractivity contribution in [3.63, 3.8) is 0 Å². The maximum atomic E-state index is 12.6. The van der Waals surface area contributed by atoms with Crippen LogP contribution in [0.15, 0.2) is 24.3 Å². The molecule has 0 aliphatic carbocycles. The van der Waals surface area contributed by atoms with Crippen LogP contribution in [0.25, 0.3) is 0 Å². The normalized spacial score (nSPS) is 14.2. The Labute approximate surface area is 180 Å². The monoisotopic (exact) mass is 430 g/mol. The van der Waals surface area contributed by atoms with E-state index < -0.39 is 23.6 Å². The first kappa shape index (κ1) is 22.4. The van der Waals surface area contributed by atoms with E-state index in [0.29, 0.717) is 11.1 Å². The predicted octanol–water partition coefficient (Wildman–Crippen LogP) is 3.94. The maximum Gasteiger partial charge on any atom is 0.342 e. The van der Waals surface area contributed by atoms with Crippen molar-refractivity contribution in [2.45, 2.75) is 52.4 Å². The van der Waals surface area contributed by atoms with Gasteiger partial charge < -0.3 is 29.2 Å². The van der Waals surface area contributed by atoms with Crippen LogP contribution in [0.2, 0.25) is 0 Å². The van der Waals surface area contributed by atoms with E-state index >= 15 is 0 Å². The molecule has 3 rings (SSSR count). The molecule has 0 radical (unpaired) electrons. The first-order valence-corrected chi connectivity index (χ1v) is 9.78. The average Bonchev–Trinajstić information content (AvgIpc) is 2.64. The zero-order chi connectivity index (χ0) is 22.9. The standard InChI is InChI=1S/C23H26O8/c1-12-8-14-11-29-22(26)16-7-6-15(18(30-13(2)24)10-23(3,4)27)20(28-5)21(16)31-19(14)17(25)9-12/h6-9,18,25,27H,10-11H2,1-5H3/t18-/m1/s1. The number of phenols is 1. The SMILES string of the molecule is COc1c([C@@H](CC(C)(C)O)OC(C)=O)ccc2c1Oc1c(O)cc(C)cc1COC2=O. The van der Waals surface area contributed by atoms with Gasteiger partial charge in [0.1, 0.15) is 18.3 Å². The van der Waals surface area contributed by atoms with Crippen LogP contribution >= 0.6 is 0 Å². The van der Waals surface area contributed by atoms with Crippen LogP contribution in [0.5, 0.6) is 23.0 Å². The lowest BCUT2D eigenvalue weighted by Gasteiger charge is -2.28. The fourth-order valence-electron chi connectivity index (χ4n) is 3.55. The van der Waals surface area contributed by atoms with Gasteiger partial charge >= 0.3 is 11.9 Å². The van der Waals surface area contributed by atoms with E-state index in [1.807, 2.05) is 0 Å².